The molecular weight excluding hydrogens is 314 g/mol. The predicted octanol–water partition coefficient (Wildman–Crippen LogP) is 3.59. The lowest BCUT2D eigenvalue weighted by Crippen LogP contribution is -2.22. The molecule has 2 rings (SSSR count). The maximum absolute atomic E-state index is 11.2. The Hall–Kier alpha value is -2.33. The molecule has 0 saturated carbocycles. The van der Waals surface area contributed by atoms with Gasteiger partial charge in [0.2, 0.25) is 0 Å². The Kier molecular flexibility index (Phi) is 8.56. The average Bonchev–Trinajstić information content (AvgIpc) is 2.63. The number of hydrogen-bond donors (Lipinski definition) is 1. The zero-order valence-corrected chi connectivity index (χ0v) is 14.9. The smallest absolute Gasteiger partial charge is 0.305 e. The topological polar surface area (TPSA) is 47.6 Å². The van der Waals surface area contributed by atoms with Crippen LogP contribution in [0.1, 0.15) is 30.9 Å². The van der Waals surface area contributed by atoms with E-state index in [2.05, 4.69) is 41.7 Å². The van der Waals surface area contributed by atoms with Crippen LogP contribution in [0.15, 0.2) is 54.6 Å². The van der Waals surface area contributed by atoms with Crippen LogP contribution in [-0.2, 0) is 16.0 Å². The highest BCUT2D eigenvalue weighted by atomic mass is 16.5. The van der Waals surface area contributed by atoms with Crippen LogP contribution in [-0.4, -0.2) is 32.3 Å². The summed E-state index contributed by atoms with van der Waals surface area (Å²) in [7, 11) is 0. The Balaban J connectivity index is 1.58. The molecule has 2 aromatic rings. The van der Waals surface area contributed by atoms with E-state index < -0.39 is 0 Å². The molecule has 1 N–H and O–H groups in total. The van der Waals surface area contributed by atoms with Gasteiger partial charge >= 0.3 is 5.97 Å². The van der Waals surface area contributed by atoms with E-state index in [1.165, 1.54) is 11.1 Å². The van der Waals surface area contributed by atoms with Gasteiger partial charge in [0.05, 0.1) is 6.61 Å². The molecule has 0 spiro atoms. The minimum absolute atomic E-state index is 0.129. The van der Waals surface area contributed by atoms with Gasteiger partial charge in [-0.2, -0.15) is 0 Å². The van der Waals surface area contributed by atoms with Crippen LogP contribution in [0.25, 0.3) is 0 Å². The summed E-state index contributed by atoms with van der Waals surface area (Å²) in [5.74, 6) is 0.751. The molecular formula is C21H27NO3. The number of benzene rings is 2. The van der Waals surface area contributed by atoms with E-state index >= 15 is 0 Å². The van der Waals surface area contributed by atoms with Crippen LogP contribution in [0.2, 0.25) is 0 Å². The molecule has 4 heteroatoms. The van der Waals surface area contributed by atoms with E-state index in [1.54, 1.807) is 0 Å². The van der Waals surface area contributed by atoms with Gasteiger partial charge in [0.15, 0.2) is 0 Å². The number of nitrogens with one attached hydrogen (secondary N) is 1. The molecule has 0 atom stereocenters. The molecule has 0 saturated heterocycles. The van der Waals surface area contributed by atoms with E-state index in [1.807, 2.05) is 25.1 Å². The van der Waals surface area contributed by atoms with E-state index in [0.29, 0.717) is 19.6 Å². The highest BCUT2D eigenvalue weighted by Crippen LogP contribution is 2.15. The number of ether oxygens (including phenoxy) is 2. The summed E-state index contributed by atoms with van der Waals surface area (Å²) < 4.78 is 10.6. The van der Waals surface area contributed by atoms with Crippen molar-refractivity contribution in [3.05, 3.63) is 65.7 Å². The normalized spacial score (nSPS) is 10.4. The van der Waals surface area contributed by atoms with Crippen molar-refractivity contribution in [3.63, 3.8) is 0 Å². The van der Waals surface area contributed by atoms with Gasteiger partial charge in [-0.25, -0.2) is 0 Å². The van der Waals surface area contributed by atoms with Crippen LogP contribution < -0.4 is 10.1 Å². The number of carbonyl (C=O) groups excluding carboxylic acids is 1. The summed E-state index contributed by atoms with van der Waals surface area (Å²) >= 11 is 0. The first-order valence-corrected chi connectivity index (χ1v) is 8.90. The lowest BCUT2D eigenvalue weighted by molar-refractivity contribution is -0.143. The van der Waals surface area contributed by atoms with E-state index in [0.717, 1.165) is 31.7 Å². The van der Waals surface area contributed by atoms with Crippen molar-refractivity contribution in [1.82, 2.24) is 5.32 Å². The van der Waals surface area contributed by atoms with Gasteiger partial charge in [0.1, 0.15) is 12.4 Å². The number of hydrogen-bond acceptors (Lipinski definition) is 4. The Morgan fingerprint density at radius 3 is 2.40 bits per heavy atom. The fraction of sp³-hybridized carbons (Fsp3) is 0.381. The maximum atomic E-state index is 11.2. The molecule has 134 valence electrons. The third kappa shape index (κ3) is 7.86. The fourth-order valence-corrected chi connectivity index (χ4v) is 2.49. The minimum atomic E-state index is -0.129. The van der Waals surface area contributed by atoms with Crippen molar-refractivity contribution >= 4 is 5.97 Å². The molecule has 0 heterocycles. The van der Waals surface area contributed by atoms with Crippen LogP contribution in [0, 0.1) is 0 Å². The average molecular weight is 341 g/mol. The first-order chi connectivity index (χ1) is 12.3. The molecule has 0 bridgehead atoms. The quantitative estimate of drug-likeness (QED) is 0.501. The lowest BCUT2D eigenvalue weighted by atomic mass is 10.1. The first-order valence-electron chi connectivity index (χ1n) is 8.90. The monoisotopic (exact) mass is 341 g/mol. The van der Waals surface area contributed by atoms with Crippen LogP contribution in [0.3, 0.4) is 0 Å². The van der Waals surface area contributed by atoms with Gasteiger partial charge in [-0.15, -0.1) is 0 Å². The summed E-state index contributed by atoms with van der Waals surface area (Å²) in [6, 6.07) is 18.7. The van der Waals surface area contributed by atoms with Crippen molar-refractivity contribution in [2.45, 2.75) is 26.2 Å². The second-order valence-corrected chi connectivity index (χ2v) is 5.81. The number of carbonyl (C=O) groups is 1. The summed E-state index contributed by atoms with van der Waals surface area (Å²) in [6.07, 6.45) is 2.18. The minimum Gasteiger partial charge on any atom is -0.492 e. The third-order valence-electron chi connectivity index (χ3n) is 3.76. The molecule has 0 aliphatic rings. The number of rotatable bonds is 11. The van der Waals surface area contributed by atoms with Gasteiger partial charge in [-0.1, -0.05) is 42.5 Å². The summed E-state index contributed by atoms with van der Waals surface area (Å²) in [6.45, 7) is 4.43. The Morgan fingerprint density at radius 2 is 1.68 bits per heavy atom. The molecule has 4 nitrogen and oxygen atoms in total. The summed E-state index contributed by atoms with van der Waals surface area (Å²) in [5.41, 5.74) is 2.58. The number of esters is 1. The van der Waals surface area contributed by atoms with Gasteiger partial charge in [-0.05, 0) is 49.6 Å². The zero-order valence-electron chi connectivity index (χ0n) is 14.9. The van der Waals surface area contributed by atoms with Crippen LogP contribution in [0.4, 0.5) is 0 Å². The van der Waals surface area contributed by atoms with Crippen molar-refractivity contribution < 1.29 is 14.3 Å². The van der Waals surface area contributed by atoms with Gasteiger partial charge in [0.25, 0.3) is 0 Å². The SMILES string of the molecule is CCOC(=O)CCCNCCOc1ccc(Cc2ccccc2)cc1. The molecule has 0 aromatic heterocycles. The van der Waals surface area contributed by atoms with Gasteiger partial charge in [-0.3, -0.25) is 4.79 Å². The Labute approximate surface area is 150 Å². The van der Waals surface area contributed by atoms with Crippen LogP contribution >= 0.6 is 0 Å². The fourth-order valence-electron chi connectivity index (χ4n) is 2.49. The second-order valence-electron chi connectivity index (χ2n) is 5.81. The molecule has 0 aliphatic heterocycles. The van der Waals surface area contributed by atoms with Crippen molar-refractivity contribution in [2.24, 2.45) is 0 Å². The van der Waals surface area contributed by atoms with Crippen LogP contribution in [0.5, 0.6) is 5.75 Å². The molecule has 2 aromatic carbocycles. The largest absolute Gasteiger partial charge is 0.492 e. The highest BCUT2D eigenvalue weighted by Gasteiger charge is 2.01. The summed E-state index contributed by atoms with van der Waals surface area (Å²) in [4.78, 5) is 11.2. The highest BCUT2D eigenvalue weighted by molar-refractivity contribution is 5.69. The zero-order chi connectivity index (χ0) is 17.7. The first kappa shape index (κ1) is 19.0. The Morgan fingerprint density at radius 1 is 0.960 bits per heavy atom. The van der Waals surface area contributed by atoms with E-state index in [9.17, 15) is 4.79 Å². The molecule has 0 amide bonds. The molecule has 0 fully saturated rings. The molecule has 0 unspecified atom stereocenters. The van der Waals surface area contributed by atoms with Gasteiger partial charge < -0.3 is 14.8 Å². The molecule has 0 aliphatic carbocycles. The van der Waals surface area contributed by atoms with Crippen molar-refractivity contribution in [3.8, 4) is 5.75 Å². The van der Waals surface area contributed by atoms with Gasteiger partial charge in [0, 0.05) is 13.0 Å². The molecule has 25 heavy (non-hydrogen) atoms. The second kappa shape index (κ2) is 11.3. The predicted molar refractivity (Wildman–Crippen MR) is 99.9 cm³/mol. The Bertz CT molecular complexity index is 611. The third-order valence-corrected chi connectivity index (χ3v) is 3.76. The standard InChI is InChI=1S/C21H27NO3/c1-2-24-21(23)9-6-14-22-15-16-25-20-12-10-19(11-13-20)17-18-7-4-3-5-8-18/h3-5,7-8,10-13,22H,2,6,9,14-17H2,1H3. The lowest BCUT2D eigenvalue weighted by Gasteiger charge is -2.08. The van der Waals surface area contributed by atoms with Crippen molar-refractivity contribution in [2.75, 3.05) is 26.3 Å². The molecule has 0 radical (unpaired) electrons. The summed E-state index contributed by atoms with van der Waals surface area (Å²) in [5, 5.41) is 3.26. The maximum Gasteiger partial charge on any atom is 0.305 e. The van der Waals surface area contributed by atoms with E-state index in [4.69, 9.17) is 9.47 Å². The van der Waals surface area contributed by atoms with E-state index in [-0.39, 0.29) is 5.97 Å². The van der Waals surface area contributed by atoms with Crippen molar-refractivity contribution in [1.29, 1.82) is 0 Å².